The number of nitrogens with one attached hydrogen (secondary N) is 1. The molecule has 6 rings (SSSR count). The van der Waals surface area contributed by atoms with Crippen LogP contribution >= 0.6 is 0 Å². The zero-order valence-corrected chi connectivity index (χ0v) is 26.1. The summed E-state index contributed by atoms with van der Waals surface area (Å²) in [5.74, 6) is 6.77. The predicted molar refractivity (Wildman–Crippen MR) is 175 cm³/mol. The SMILES string of the molecule is NCC1CCO1.O=C(NCC1CCO1)c1ccc(C#Cc2ccc(F)cc2F)cc1.O=C(O)c1ccc(C#Cc2ccc(F)cc2F)cc1. The molecule has 7 nitrogen and oxygen atoms in total. The van der Waals surface area contributed by atoms with Gasteiger partial charge in [0.15, 0.2) is 0 Å². The minimum absolute atomic E-state index is 0.0868. The molecule has 0 spiro atoms. The van der Waals surface area contributed by atoms with Gasteiger partial charge in [-0.2, -0.15) is 0 Å². The van der Waals surface area contributed by atoms with Crippen molar-refractivity contribution in [2.24, 2.45) is 5.73 Å². The van der Waals surface area contributed by atoms with Crippen molar-refractivity contribution in [3.05, 3.63) is 142 Å². The molecule has 4 aromatic carbocycles. The highest BCUT2D eigenvalue weighted by Crippen LogP contribution is 2.12. The van der Waals surface area contributed by atoms with Gasteiger partial charge in [-0.1, -0.05) is 23.7 Å². The zero-order chi connectivity index (χ0) is 35.2. The topological polar surface area (TPSA) is 111 Å². The zero-order valence-electron chi connectivity index (χ0n) is 26.1. The molecule has 2 saturated heterocycles. The molecule has 2 atom stereocenters. The number of carboxylic acids is 1. The maximum atomic E-state index is 13.5. The van der Waals surface area contributed by atoms with E-state index in [0.29, 0.717) is 35.9 Å². The lowest BCUT2D eigenvalue weighted by molar-refractivity contribution is -0.0472. The lowest BCUT2D eigenvalue weighted by atomic mass is 10.1. The van der Waals surface area contributed by atoms with Crippen molar-refractivity contribution in [3.8, 4) is 23.7 Å². The predicted octanol–water partition coefficient (Wildman–Crippen LogP) is 5.68. The van der Waals surface area contributed by atoms with E-state index in [1.54, 1.807) is 24.3 Å². The Kier molecular flexibility index (Phi) is 13.5. The molecule has 2 aliphatic heterocycles. The van der Waals surface area contributed by atoms with Crippen LogP contribution in [0, 0.1) is 47.0 Å². The van der Waals surface area contributed by atoms with Gasteiger partial charge < -0.3 is 25.6 Å². The van der Waals surface area contributed by atoms with Gasteiger partial charge in [0, 0.05) is 55.1 Å². The molecule has 2 fully saturated rings. The average Bonchev–Trinajstić information content (AvgIpc) is 3.04. The van der Waals surface area contributed by atoms with Crippen molar-refractivity contribution in [3.63, 3.8) is 0 Å². The van der Waals surface area contributed by atoms with E-state index in [-0.39, 0.29) is 28.7 Å². The fourth-order valence-electron chi connectivity index (χ4n) is 4.09. The van der Waals surface area contributed by atoms with Crippen molar-refractivity contribution in [1.29, 1.82) is 0 Å². The Morgan fingerprint density at radius 1 is 0.694 bits per heavy atom. The highest BCUT2D eigenvalue weighted by Gasteiger charge is 2.19. The molecule has 0 bridgehead atoms. The first-order valence-corrected chi connectivity index (χ1v) is 15.2. The number of amides is 1. The minimum Gasteiger partial charge on any atom is -0.478 e. The lowest BCUT2D eigenvalue weighted by Crippen LogP contribution is -2.39. The van der Waals surface area contributed by atoms with E-state index in [4.69, 9.17) is 20.3 Å². The van der Waals surface area contributed by atoms with Gasteiger partial charge in [0.05, 0.1) is 28.9 Å². The van der Waals surface area contributed by atoms with Crippen LogP contribution in [0.5, 0.6) is 0 Å². The Morgan fingerprint density at radius 2 is 1.14 bits per heavy atom. The van der Waals surface area contributed by atoms with Crippen LogP contribution < -0.4 is 11.1 Å². The molecule has 4 N–H and O–H groups in total. The number of hydrogen-bond donors (Lipinski definition) is 3. The maximum Gasteiger partial charge on any atom is 0.335 e. The molecular formula is C38H32F4N2O5. The van der Waals surface area contributed by atoms with Crippen molar-refractivity contribution in [2.45, 2.75) is 25.0 Å². The second-order valence-electron chi connectivity index (χ2n) is 10.7. The number of carbonyl (C=O) groups excluding carboxylic acids is 1. The Bertz CT molecular complexity index is 1870. The first-order chi connectivity index (χ1) is 23.6. The van der Waals surface area contributed by atoms with E-state index in [1.165, 1.54) is 36.4 Å². The number of halogens is 4. The van der Waals surface area contributed by atoms with E-state index >= 15 is 0 Å². The number of carboxylic acid groups (broad SMARTS) is 1. The summed E-state index contributed by atoms with van der Waals surface area (Å²) in [5, 5.41) is 11.5. The molecule has 0 aliphatic carbocycles. The summed E-state index contributed by atoms with van der Waals surface area (Å²) in [6, 6.07) is 18.9. The summed E-state index contributed by atoms with van der Waals surface area (Å²) in [7, 11) is 0. The van der Waals surface area contributed by atoms with Crippen LogP contribution in [0.3, 0.4) is 0 Å². The molecule has 1 amide bonds. The third-order valence-electron chi connectivity index (χ3n) is 7.16. The van der Waals surface area contributed by atoms with Crippen molar-refractivity contribution in [2.75, 3.05) is 26.3 Å². The van der Waals surface area contributed by atoms with Crippen LogP contribution in [0.2, 0.25) is 0 Å². The highest BCUT2D eigenvalue weighted by molar-refractivity contribution is 5.94. The summed E-state index contributed by atoms with van der Waals surface area (Å²) >= 11 is 0. The van der Waals surface area contributed by atoms with Crippen LogP contribution in [0.4, 0.5) is 17.6 Å². The number of benzene rings is 4. The van der Waals surface area contributed by atoms with E-state index in [2.05, 4.69) is 29.0 Å². The molecule has 11 heteroatoms. The molecule has 0 saturated carbocycles. The van der Waals surface area contributed by atoms with E-state index in [9.17, 15) is 27.2 Å². The Labute approximate surface area is 281 Å². The van der Waals surface area contributed by atoms with E-state index in [0.717, 1.165) is 50.3 Å². The summed E-state index contributed by atoms with van der Waals surface area (Å²) in [6.45, 7) is 2.87. The van der Waals surface area contributed by atoms with Crippen LogP contribution in [0.25, 0.3) is 0 Å². The van der Waals surface area contributed by atoms with Gasteiger partial charge >= 0.3 is 5.97 Å². The summed E-state index contributed by atoms with van der Waals surface area (Å²) < 4.78 is 62.5. The standard InChI is InChI=1S/C19H15F2NO2.C15H8F2O2.C4H9NO/c20-16-8-7-14(18(21)11-16)4-1-13-2-5-15(6-3-13)19(23)22-12-17-9-10-24-17;16-13-8-7-11(14(17)9-13)4-1-10-2-5-12(6-3-10)15(18)19;5-3-4-1-2-6-4/h2-3,5-8,11,17H,9-10,12H2,(H,22,23);2-3,5-9H,(H,18,19);4H,1-3,5H2. The molecule has 0 radical (unpaired) electrons. The molecule has 4 aromatic rings. The van der Waals surface area contributed by atoms with Gasteiger partial charge in [-0.25, -0.2) is 22.4 Å². The monoisotopic (exact) mass is 672 g/mol. The number of rotatable bonds is 5. The molecule has 2 unspecified atom stereocenters. The molecular weight excluding hydrogens is 640 g/mol. The van der Waals surface area contributed by atoms with Crippen LogP contribution in [0.15, 0.2) is 84.9 Å². The lowest BCUT2D eigenvalue weighted by Gasteiger charge is -2.26. The third-order valence-corrected chi connectivity index (χ3v) is 7.16. The average molecular weight is 673 g/mol. The van der Waals surface area contributed by atoms with Crippen molar-refractivity contribution < 1.29 is 41.7 Å². The fraction of sp³-hybridized carbons (Fsp3) is 0.211. The number of carbonyl (C=O) groups is 2. The highest BCUT2D eigenvalue weighted by atomic mass is 19.1. The van der Waals surface area contributed by atoms with Gasteiger partial charge in [0.25, 0.3) is 5.91 Å². The largest absolute Gasteiger partial charge is 0.478 e. The van der Waals surface area contributed by atoms with Crippen LogP contribution in [-0.4, -0.2) is 55.5 Å². The first kappa shape index (κ1) is 36.4. The molecule has 0 aromatic heterocycles. The quantitative estimate of drug-likeness (QED) is 0.186. The Morgan fingerprint density at radius 3 is 1.49 bits per heavy atom. The summed E-state index contributed by atoms with van der Waals surface area (Å²) in [4.78, 5) is 22.6. The van der Waals surface area contributed by atoms with Gasteiger partial charge in [-0.3, -0.25) is 4.79 Å². The number of ether oxygens (including phenoxy) is 2. The fourth-order valence-corrected chi connectivity index (χ4v) is 4.09. The minimum atomic E-state index is -1.02. The van der Waals surface area contributed by atoms with Crippen LogP contribution in [-0.2, 0) is 9.47 Å². The van der Waals surface area contributed by atoms with E-state index < -0.39 is 29.2 Å². The van der Waals surface area contributed by atoms with Crippen molar-refractivity contribution >= 4 is 11.9 Å². The molecule has 2 aliphatic rings. The smallest absolute Gasteiger partial charge is 0.335 e. The third kappa shape index (κ3) is 11.6. The van der Waals surface area contributed by atoms with Crippen LogP contribution in [0.1, 0.15) is 55.8 Å². The second kappa shape index (κ2) is 18.2. The number of hydrogen-bond acceptors (Lipinski definition) is 5. The Balaban J connectivity index is 0.000000192. The normalized spacial score (nSPS) is 15.4. The van der Waals surface area contributed by atoms with Gasteiger partial charge in [0.1, 0.15) is 23.3 Å². The summed E-state index contributed by atoms with van der Waals surface area (Å²) in [6.07, 6.45) is 2.64. The Hall–Kier alpha value is -5.46. The summed E-state index contributed by atoms with van der Waals surface area (Å²) in [5.41, 5.74) is 7.28. The molecule has 2 heterocycles. The van der Waals surface area contributed by atoms with Gasteiger partial charge in [0.2, 0.25) is 0 Å². The van der Waals surface area contributed by atoms with Gasteiger partial charge in [-0.05, 0) is 85.6 Å². The van der Waals surface area contributed by atoms with Crippen molar-refractivity contribution in [1.82, 2.24) is 5.32 Å². The number of nitrogens with two attached hydrogens (primary N) is 1. The maximum absolute atomic E-state index is 13.5. The molecule has 49 heavy (non-hydrogen) atoms. The first-order valence-electron chi connectivity index (χ1n) is 15.2. The van der Waals surface area contributed by atoms with E-state index in [1.807, 2.05) is 0 Å². The van der Waals surface area contributed by atoms with Gasteiger partial charge in [-0.15, -0.1) is 0 Å². The number of aromatic carboxylic acids is 1. The second-order valence-corrected chi connectivity index (χ2v) is 10.7. The molecule has 252 valence electrons.